The van der Waals surface area contributed by atoms with Crippen LogP contribution in [0.25, 0.3) is 5.69 Å². The van der Waals surface area contributed by atoms with Gasteiger partial charge in [0.15, 0.2) is 5.69 Å². The minimum atomic E-state index is -0.294. The van der Waals surface area contributed by atoms with Gasteiger partial charge in [0, 0.05) is 11.3 Å². The number of aromatic nitrogens is 3. The highest BCUT2D eigenvalue weighted by molar-refractivity contribution is 7.99. The summed E-state index contributed by atoms with van der Waals surface area (Å²) in [5, 5.41) is 20.3. The zero-order chi connectivity index (χ0) is 15.2. The first kappa shape index (κ1) is 15.5. The van der Waals surface area contributed by atoms with Crippen molar-refractivity contribution < 1.29 is 9.90 Å². The normalized spacial score (nSPS) is 13.7. The van der Waals surface area contributed by atoms with Crippen molar-refractivity contribution in [1.82, 2.24) is 20.3 Å². The van der Waals surface area contributed by atoms with E-state index in [1.165, 1.54) is 22.8 Å². The molecule has 7 heteroatoms. The van der Waals surface area contributed by atoms with Crippen LogP contribution in [0.15, 0.2) is 36.5 Å². The number of carbonyl (C=O) groups excluding carboxylic acids is 1. The summed E-state index contributed by atoms with van der Waals surface area (Å²) in [5.74, 6) is -0.294. The van der Waals surface area contributed by atoms with Crippen molar-refractivity contribution in [2.45, 2.75) is 18.2 Å². The molecule has 2 atom stereocenters. The van der Waals surface area contributed by atoms with Gasteiger partial charge in [-0.15, -0.1) is 5.10 Å². The SMILES string of the molecule is CSC(CO)C(C)NC(=O)c1cnn(-c2ccccc2)n1. The van der Waals surface area contributed by atoms with E-state index in [2.05, 4.69) is 15.5 Å². The molecule has 1 aromatic carbocycles. The number of benzene rings is 1. The van der Waals surface area contributed by atoms with Crippen LogP contribution in [0.1, 0.15) is 17.4 Å². The standard InChI is InChI=1S/C14H18N4O2S/c1-10(13(9-19)21-2)16-14(20)12-8-15-18(17-12)11-6-4-3-5-7-11/h3-8,10,13,19H,9H2,1-2H3,(H,16,20). The zero-order valence-corrected chi connectivity index (χ0v) is 12.7. The third kappa shape index (κ3) is 3.83. The lowest BCUT2D eigenvalue weighted by Crippen LogP contribution is -2.41. The van der Waals surface area contributed by atoms with E-state index < -0.39 is 0 Å². The minimum absolute atomic E-state index is 0.0132. The van der Waals surface area contributed by atoms with Crippen LogP contribution in [0.2, 0.25) is 0 Å². The predicted molar refractivity (Wildman–Crippen MR) is 82.7 cm³/mol. The fourth-order valence-electron chi connectivity index (χ4n) is 1.86. The summed E-state index contributed by atoms with van der Waals surface area (Å²) in [6.07, 6.45) is 3.33. The minimum Gasteiger partial charge on any atom is -0.395 e. The summed E-state index contributed by atoms with van der Waals surface area (Å²) < 4.78 is 0. The molecule has 2 rings (SSSR count). The van der Waals surface area contributed by atoms with Crippen LogP contribution < -0.4 is 5.32 Å². The number of nitrogens with zero attached hydrogens (tertiary/aromatic N) is 3. The molecule has 1 amide bonds. The Morgan fingerprint density at radius 3 is 2.76 bits per heavy atom. The van der Waals surface area contributed by atoms with Crippen molar-refractivity contribution >= 4 is 17.7 Å². The van der Waals surface area contributed by atoms with Crippen LogP contribution in [-0.2, 0) is 0 Å². The largest absolute Gasteiger partial charge is 0.395 e. The van der Waals surface area contributed by atoms with E-state index in [0.717, 1.165) is 5.69 Å². The Labute approximate surface area is 127 Å². The highest BCUT2D eigenvalue weighted by atomic mass is 32.2. The van der Waals surface area contributed by atoms with E-state index in [9.17, 15) is 9.90 Å². The van der Waals surface area contributed by atoms with Crippen LogP contribution in [0.4, 0.5) is 0 Å². The van der Waals surface area contributed by atoms with Crippen LogP contribution in [-0.4, -0.2) is 50.2 Å². The summed E-state index contributed by atoms with van der Waals surface area (Å²) in [6.45, 7) is 1.87. The molecule has 0 aliphatic heterocycles. The van der Waals surface area contributed by atoms with Crippen molar-refractivity contribution in [1.29, 1.82) is 0 Å². The van der Waals surface area contributed by atoms with Crippen LogP contribution in [0.3, 0.4) is 0 Å². The second-order valence-corrected chi connectivity index (χ2v) is 5.65. The number of nitrogens with one attached hydrogen (secondary N) is 1. The molecule has 0 radical (unpaired) electrons. The molecule has 0 fully saturated rings. The zero-order valence-electron chi connectivity index (χ0n) is 11.9. The molecule has 0 spiro atoms. The molecule has 1 aromatic heterocycles. The van der Waals surface area contributed by atoms with Gasteiger partial charge in [0.05, 0.1) is 18.5 Å². The lowest BCUT2D eigenvalue weighted by atomic mass is 10.2. The lowest BCUT2D eigenvalue weighted by Gasteiger charge is -2.20. The van der Waals surface area contributed by atoms with Gasteiger partial charge in [-0.1, -0.05) is 18.2 Å². The molecule has 21 heavy (non-hydrogen) atoms. The Hall–Kier alpha value is -1.86. The second-order valence-electron chi connectivity index (χ2n) is 4.57. The first-order chi connectivity index (χ1) is 10.2. The van der Waals surface area contributed by atoms with Gasteiger partial charge >= 0.3 is 0 Å². The molecule has 2 aromatic rings. The number of hydrogen-bond acceptors (Lipinski definition) is 5. The van der Waals surface area contributed by atoms with Gasteiger partial charge in [-0.05, 0) is 25.3 Å². The Morgan fingerprint density at radius 2 is 2.14 bits per heavy atom. The monoisotopic (exact) mass is 306 g/mol. The highest BCUT2D eigenvalue weighted by Gasteiger charge is 2.19. The number of carbonyl (C=O) groups is 1. The molecule has 0 bridgehead atoms. The molecule has 0 saturated carbocycles. The number of thioether (sulfide) groups is 1. The van der Waals surface area contributed by atoms with Gasteiger partial charge in [-0.3, -0.25) is 4.79 Å². The van der Waals surface area contributed by atoms with Crippen molar-refractivity contribution in [3.63, 3.8) is 0 Å². The van der Waals surface area contributed by atoms with E-state index >= 15 is 0 Å². The molecule has 0 aliphatic rings. The van der Waals surface area contributed by atoms with Crippen molar-refractivity contribution in [2.75, 3.05) is 12.9 Å². The molecule has 2 N–H and O–H groups in total. The summed E-state index contributed by atoms with van der Waals surface area (Å²) in [4.78, 5) is 13.5. The van der Waals surface area contributed by atoms with Crippen molar-refractivity contribution in [2.24, 2.45) is 0 Å². The summed E-state index contributed by atoms with van der Waals surface area (Å²) in [7, 11) is 0. The highest BCUT2D eigenvalue weighted by Crippen LogP contribution is 2.11. The number of aliphatic hydroxyl groups is 1. The lowest BCUT2D eigenvalue weighted by molar-refractivity contribution is 0.0930. The Morgan fingerprint density at radius 1 is 1.43 bits per heavy atom. The molecule has 0 saturated heterocycles. The first-order valence-electron chi connectivity index (χ1n) is 6.58. The Bertz CT molecular complexity index is 584. The third-order valence-corrected chi connectivity index (χ3v) is 4.27. The fraction of sp³-hybridized carbons (Fsp3) is 0.357. The molecular formula is C14H18N4O2S. The van der Waals surface area contributed by atoms with Crippen molar-refractivity contribution in [3.05, 3.63) is 42.2 Å². The van der Waals surface area contributed by atoms with Gasteiger partial charge in [0.2, 0.25) is 0 Å². The average molecular weight is 306 g/mol. The first-order valence-corrected chi connectivity index (χ1v) is 7.86. The third-order valence-electron chi connectivity index (χ3n) is 3.11. The number of aliphatic hydroxyl groups excluding tert-OH is 1. The van der Waals surface area contributed by atoms with E-state index in [1.54, 1.807) is 0 Å². The maximum absolute atomic E-state index is 12.1. The van der Waals surface area contributed by atoms with Crippen LogP contribution in [0.5, 0.6) is 0 Å². The molecule has 1 heterocycles. The molecule has 6 nitrogen and oxygen atoms in total. The fourth-order valence-corrected chi connectivity index (χ4v) is 2.49. The number of amides is 1. The molecule has 2 unspecified atom stereocenters. The number of rotatable bonds is 6. The molecule has 112 valence electrons. The maximum atomic E-state index is 12.1. The van der Waals surface area contributed by atoms with Crippen LogP contribution in [0, 0.1) is 0 Å². The van der Waals surface area contributed by atoms with E-state index in [1.807, 2.05) is 43.5 Å². The Balaban J connectivity index is 2.06. The smallest absolute Gasteiger partial charge is 0.273 e. The Kier molecular flexibility index (Phi) is 5.35. The van der Waals surface area contributed by atoms with Crippen LogP contribution >= 0.6 is 11.8 Å². The van der Waals surface area contributed by atoms with E-state index in [-0.39, 0.29) is 29.5 Å². The molecular weight excluding hydrogens is 288 g/mol. The van der Waals surface area contributed by atoms with Gasteiger partial charge < -0.3 is 10.4 Å². The van der Waals surface area contributed by atoms with Crippen molar-refractivity contribution in [3.8, 4) is 5.69 Å². The molecule has 0 aliphatic carbocycles. The second kappa shape index (κ2) is 7.24. The van der Waals surface area contributed by atoms with Gasteiger partial charge in [0.1, 0.15) is 0 Å². The van der Waals surface area contributed by atoms with Gasteiger partial charge in [-0.25, -0.2) is 0 Å². The van der Waals surface area contributed by atoms with E-state index in [0.29, 0.717) is 0 Å². The van der Waals surface area contributed by atoms with Gasteiger partial charge in [0.25, 0.3) is 5.91 Å². The average Bonchev–Trinajstić information content (AvgIpc) is 2.99. The summed E-state index contributed by atoms with van der Waals surface area (Å²) in [5.41, 5.74) is 1.05. The maximum Gasteiger partial charge on any atom is 0.273 e. The predicted octanol–water partition coefficient (Wildman–Crippen LogP) is 1.11. The topological polar surface area (TPSA) is 80.0 Å². The van der Waals surface area contributed by atoms with E-state index in [4.69, 9.17) is 0 Å². The van der Waals surface area contributed by atoms with Gasteiger partial charge in [-0.2, -0.15) is 21.7 Å². The summed E-state index contributed by atoms with van der Waals surface area (Å²) >= 11 is 1.51. The summed E-state index contributed by atoms with van der Waals surface area (Å²) in [6, 6.07) is 9.23. The quantitative estimate of drug-likeness (QED) is 0.835. The number of para-hydroxylation sites is 1. The number of hydrogen-bond donors (Lipinski definition) is 2.